The summed E-state index contributed by atoms with van der Waals surface area (Å²) in [5, 5.41) is 2.07. The van der Waals surface area contributed by atoms with Gasteiger partial charge in [0.2, 0.25) is 0 Å². The Morgan fingerprint density at radius 3 is 2.89 bits per heavy atom. The molecular weight excluding hydrogens is 322 g/mol. The molecule has 0 amide bonds. The predicted octanol–water partition coefficient (Wildman–Crippen LogP) is 3.70. The summed E-state index contributed by atoms with van der Waals surface area (Å²) in [6.07, 6.45) is 4.22. The minimum Gasteiger partial charge on any atom is -0.324 e. The highest BCUT2D eigenvalue weighted by Gasteiger charge is 2.12. The summed E-state index contributed by atoms with van der Waals surface area (Å²) >= 11 is 5.18. The molecule has 19 heavy (non-hydrogen) atoms. The molecule has 1 unspecified atom stereocenters. The van der Waals surface area contributed by atoms with Crippen LogP contribution < -0.4 is 5.73 Å². The smallest absolute Gasteiger partial charge is 0.0934 e. The second-order valence-corrected chi connectivity index (χ2v) is 6.22. The van der Waals surface area contributed by atoms with E-state index in [-0.39, 0.29) is 6.04 Å². The van der Waals surface area contributed by atoms with Crippen LogP contribution in [0.25, 0.3) is 11.0 Å². The van der Waals surface area contributed by atoms with Crippen molar-refractivity contribution < 1.29 is 0 Å². The fourth-order valence-electron chi connectivity index (χ4n) is 2.10. The lowest BCUT2D eigenvalue weighted by Gasteiger charge is -2.12. The van der Waals surface area contributed by atoms with E-state index in [0.717, 1.165) is 27.5 Å². The Bertz CT molecular complexity index is 705. The molecule has 3 aromatic rings. The van der Waals surface area contributed by atoms with Gasteiger partial charge in [0.05, 0.1) is 11.0 Å². The van der Waals surface area contributed by atoms with E-state index >= 15 is 0 Å². The average molecular weight is 334 g/mol. The molecule has 3 rings (SSSR count). The van der Waals surface area contributed by atoms with Crippen LogP contribution in [0.2, 0.25) is 0 Å². The number of nitrogens with zero attached hydrogens (tertiary/aromatic N) is 2. The first kappa shape index (κ1) is 12.7. The quantitative estimate of drug-likeness (QED) is 0.795. The third-order valence-electron chi connectivity index (χ3n) is 2.97. The highest BCUT2D eigenvalue weighted by Crippen LogP contribution is 2.26. The van der Waals surface area contributed by atoms with E-state index in [1.54, 1.807) is 23.7 Å². The lowest BCUT2D eigenvalue weighted by Crippen LogP contribution is -2.13. The van der Waals surface area contributed by atoms with Crippen LogP contribution in [0.4, 0.5) is 0 Å². The third kappa shape index (κ3) is 2.68. The number of benzene rings is 1. The van der Waals surface area contributed by atoms with E-state index < -0.39 is 0 Å². The molecular formula is C14H12BrN3S. The number of aromatic nitrogens is 2. The summed E-state index contributed by atoms with van der Waals surface area (Å²) in [7, 11) is 0. The second kappa shape index (κ2) is 5.36. The molecule has 96 valence electrons. The van der Waals surface area contributed by atoms with Crippen LogP contribution in [0.1, 0.15) is 16.5 Å². The van der Waals surface area contributed by atoms with Crippen LogP contribution in [0.3, 0.4) is 0 Å². The third-order valence-corrected chi connectivity index (χ3v) is 4.69. The number of para-hydroxylation sites is 1. The molecule has 0 aliphatic rings. The van der Waals surface area contributed by atoms with Crippen LogP contribution in [-0.2, 0) is 6.42 Å². The van der Waals surface area contributed by atoms with Crippen molar-refractivity contribution in [2.45, 2.75) is 12.5 Å². The molecule has 1 atom stereocenters. The van der Waals surface area contributed by atoms with Gasteiger partial charge in [0.15, 0.2) is 0 Å². The van der Waals surface area contributed by atoms with Gasteiger partial charge in [0.1, 0.15) is 0 Å². The number of thiophene rings is 1. The topological polar surface area (TPSA) is 51.8 Å². The van der Waals surface area contributed by atoms with Crippen molar-refractivity contribution in [2.24, 2.45) is 5.73 Å². The van der Waals surface area contributed by atoms with E-state index in [1.807, 2.05) is 18.2 Å². The van der Waals surface area contributed by atoms with E-state index in [0.29, 0.717) is 0 Å². The minimum absolute atomic E-state index is 0.0639. The van der Waals surface area contributed by atoms with Crippen molar-refractivity contribution in [3.63, 3.8) is 0 Å². The van der Waals surface area contributed by atoms with Crippen molar-refractivity contribution in [3.05, 3.63) is 57.0 Å². The normalized spacial score (nSPS) is 12.7. The van der Waals surface area contributed by atoms with Gasteiger partial charge in [-0.15, -0.1) is 11.3 Å². The number of fused-ring (bicyclic) bond motifs is 1. The zero-order valence-electron chi connectivity index (χ0n) is 10.1. The van der Waals surface area contributed by atoms with Crippen molar-refractivity contribution in [2.75, 3.05) is 0 Å². The predicted molar refractivity (Wildman–Crippen MR) is 82.2 cm³/mol. The highest BCUT2D eigenvalue weighted by atomic mass is 79.9. The Morgan fingerprint density at radius 2 is 2.11 bits per heavy atom. The summed E-state index contributed by atoms with van der Waals surface area (Å²) in [4.78, 5) is 9.98. The SMILES string of the molecule is NC(Cc1cc(Br)cs1)c1cccc2nccnc12. The summed E-state index contributed by atoms with van der Waals surface area (Å²) < 4.78 is 1.11. The Labute approximate surface area is 123 Å². The molecule has 1 aromatic carbocycles. The van der Waals surface area contributed by atoms with Crippen molar-refractivity contribution >= 4 is 38.3 Å². The maximum atomic E-state index is 6.33. The molecule has 0 spiro atoms. The lowest BCUT2D eigenvalue weighted by molar-refractivity contribution is 0.734. The number of nitrogens with two attached hydrogens (primary N) is 1. The number of rotatable bonds is 3. The lowest BCUT2D eigenvalue weighted by atomic mass is 10.0. The maximum absolute atomic E-state index is 6.33. The average Bonchev–Trinajstić information content (AvgIpc) is 2.83. The molecule has 0 radical (unpaired) electrons. The van der Waals surface area contributed by atoms with Crippen LogP contribution in [0, 0.1) is 0 Å². The first-order valence-corrected chi connectivity index (χ1v) is 7.59. The monoisotopic (exact) mass is 333 g/mol. The number of hydrogen-bond acceptors (Lipinski definition) is 4. The molecule has 2 heterocycles. The van der Waals surface area contributed by atoms with E-state index in [1.165, 1.54) is 4.88 Å². The van der Waals surface area contributed by atoms with Gasteiger partial charge in [0, 0.05) is 39.6 Å². The molecule has 2 N–H and O–H groups in total. The van der Waals surface area contributed by atoms with Gasteiger partial charge < -0.3 is 5.73 Å². The number of halogens is 1. The highest BCUT2D eigenvalue weighted by molar-refractivity contribution is 9.10. The van der Waals surface area contributed by atoms with Crippen LogP contribution >= 0.6 is 27.3 Å². The molecule has 0 aliphatic carbocycles. The molecule has 0 saturated heterocycles. The Balaban J connectivity index is 1.95. The Morgan fingerprint density at radius 1 is 1.26 bits per heavy atom. The fraction of sp³-hybridized carbons (Fsp3) is 0.143. The molecule has 3 nitrogen and oxygen atoms in total. The van der Waals surface area contributed by atoms with Gasteiger partial charge in [-0.2, -0.15) is 0 Å². The fourth-order valence-corrected chi connectivity index (χ4v) is 3.61. The first-order chi connectivity index (χ1) is 9.24. The van der Waals surface area contributed by atoms with Gasteiger partial charge in [-0.3, -0.25) is 9.97 Å². The van der Waals surface area contributed by atoms with Gasteiger partial charge in [0.25, 0.3) is 0 Å². The molecule has 2 aromatic heterocycles. The molecule has 0 saturated carbocycles. The number of hydrogen-bond donors (Lipinski definition) is 1. The van der Waals surface area contributed by atoms with Crippen molar-refractivity contribution in [1.82, 2.24) is 9.97 Å². The standard InChI is InChI=1S/C14H12BrN3S/c15-9-6-10(19-8-9)7-12(16)11-2-1-3-13-14(11)18-5-4-17-13/h1-6,8,12H,7,16H2. The van der Waals surface area contributed by atoms with E-state index in [9.17, 15) is 0 Å². The Kier molecular flexibility index (Phi) is 3.59. The van der Waals surface area contributed by atoms with Crippen molar-refractivity contribution in [3.8, 4) is 0 Å². The molecule has 0 bridgehead atoms. The summed E-state index contributed by atoms with van der Waals surface area (Å²) in [6, 6.07) is 8.02. The van der Waals surface area contributed by atoms with Gasteiger partial charge in [-0.05, 0) is 33.6 Å². The van der Waals surface area contributed by atoms with Gasteiger partial charge in [-0.1, -0.05) is 12.1 Å². The van der Waals surface area contributed by atoms with E-state index in [4.69, 9.17) is 5.73 Å². The zero-order valence-corrected chi connectivity index (χ0v) is 12.5. The summed E-state index contributed by atoms with van der Waals surface area (Å²) in [5.74, 6) is 0. The van der Waals surface area contributed by atoms with Crippen LogP contribution in [-0.4, -0.2) is 9.97 Å². The summed E-state index contributed by atoms with van der Waals surface area (Å²) in [5.41, 5.74) is 9.16. The largest absolute Gasteiger partial charge is 0.324 e. The molecule has 0 fully saturated rings. The van der Waals surface area contributed by atoms with Gasteiger partial charge in [-0.25, -0.2) is 0 Å². The minimum atomic E-state index is -0.0639. The van der Waals surface area contributed by atoms with Gasteiger partial charge >= 0.3 is 0 Å². The first-order valence-electron chi connectivity index (χ1n) is 5.92. The zero-order chi connectivity index (χ0) is 13.2. The van der Waals surface area contributed by atoms with E-state index in [2.05, 4.69) is 37.3 Å². The Hall–Kier alpha value is -1.30. The molecule has 0 aliphatic heterocycles. The van der Waals surface area contributed by atoms with Crippen LogP contribution in [0.15, 0.2) is 46.5 Å². The summed E-state index contributed by atoms with van der Waals surface area (Å²) in [6.45, 7) is 0. The van der Waals surface area contributed by atoms with Crippen LogP contribution in [0.5, 0.6) is 0 Å². The maximum Gasteiger partial charge on any atom is 0.0934 e. The molecule has 5 heteroatoms. The van der Waals surface area contributed by atoms with Crippen molar-refractivity contribution in [1.29, 1.82) is 0 Å². The second-order valence-electron chi connectivity index (χ2n) is 4.31.